The number of methoxy groups -OCH3 is 1. The zero-order chi connectivity index (χ0) is 15.6. The summed E-state index contributed by atoms with van der Waals surface area (Å²) in [6.07, 6.45) is 0.780. The van der Waals surface area contributed by atoms with Crippen molar-refractivity contribution < 1.29 is 14.3 Å². The van der Waals surface area contributed by atoms with Gasteiger partial charge in [0.25, 0.3) is 0 Å². The van der Waals surface area contributed by atoms with Crippen molar-refractivity contribution in [3.8, 4) is 0 Å². The van der Waals surface area contributed by atoms with E-state index in [-0.39, 0.29) is 12.5 Å². The van der Waals surface area contributed by atoms with Gasteiger partial charge >= 0.3 is 0 Å². The lowest BCUT2D eigenvalue weighted by atomic mass is 10.0. The van der Waals surface area contributed by atoms with Crippen LogP contribution in [-0.2, 0) is 20.7 Å². The van der Waals surface area contributed by atoms with Gasteiger partial charge in [-0.3, -0.25) is 4.79 Å². The van der Waals surface area contributed by atoms with E-state index in [2.05, 4.69) is 17.4 Å². The van der Waals surface area contributed by atoms with Gasteiger partial charge in [-0.1, -0.05) is 48.5 Å². The van der Waals surface area contributed by atoms with Crippen molar-refractivity contribution in [2.24, 2.45) is 0 Å². The van der Waals surface area contributed by atoms with E-state index in [1.165, 1.54) is 5.56 Å². The first-order chi connectivity index (χ1) is 10.8. The van der Waals surface area contributed by atoms with Crippen LogP contribution in [0.5, 0.6) is 0 Å². The van der Waals surface area contributed by atoms with Crippen LogP contribution in [0.3, 0.4) is 0 Å². The zero-order valence-electron chi connectivity index (χ0n) is 12.7. The van der Waals surface area contributed by atoms with Crippen molar-refractivity contribution >= 4 is 11.6 Å². The van der Waals surface area contributed by atoms with Gasteiger partial charge in [0.1, 0.15) is 6.61 Å². The summed E-state index contributed by atoms with van der Waals surface area (Å²) in [4.78, 5) is 11.9. The quantitative estimate of drug-likeness (QED) is 0.762. The Labute approximate surface area is 131 Å². The highest BCUT2D eigenvalue weighted by Gasteiger charge is 2.07. The number of rotatable bonds is 8. The molecule has 0 atom stereocenters. The highest BCUT2D eigenvalue weighted by Crippen LogP contribution is 2.19. The molecule has 0 aliphatic heterocycles. The van der Waals surface area contributed by atoms with E-state index in [1.54, 1.807) is 7.11 Å². The molecule has 2 rings (SSSR count). The SMILES string of the molecule is COCCOCC(=O)Nc1ccccc1Cc1ccccc1. The third-order valence-electron chi connectivity index (χ3n) is 3.19. The lowest BCUT2D eigenvalue weighted by molar-refractivity contribution is -0.121. The molecule has 0 aliphatic rings. The Morgan fingerprint density at radius 2 is 1.73 bits per heavy atom. The predicted octanol–water partition coefficient (Wildman–Crippen LogP) is 2.88. The number of ether oxygens (including phenoxy) is 2. The van der Waals surface area contributed by atoms with Gasteiger partial charge in [0.15, 0.2) is 0 Å². The van der Waals surface area contributed by atoms with Crippen molar-refractivity contribution in [1.82, 2.24) is 0 Å². The Bertz CT molecular complexity index is 584. The van der Waals surface area contributed by atoms with E-state index in [0.29, 0.717) is 13.2 Å². The lowest BCUT2D eigenvalue weighted by Gasteiger charge is -2.11. The van der Waals surface area contributed by atoms with Crippen LogP contribution in [0.25, 0.3) is 0 Å². The summed E-state index contributed by atoms with van der Waals surface area (Å²) in [5.41, 5.74) is 3.12. The average Bonchev–Trinajstić information content (AvgIpc) is 2.54. The van der Waals surface area contributed by atoms with Crippen molar-refractivity contribution in [3.05, 3.63) is 65.7 Å². The van der Waals surface area contributed by atoms with E-state index in [0.717, 1.165) is 17.7 Å². The summed E-state index contributed by atoms with van der Waals surface area (Å²) in [5, 5.41) is 2.90. The van der Waals surface area contributed by atoms with Crippen LogP contribution in [0.15, 0.2) is 54.6 Å². The highest BCUT2D eigenvalue weighted by molar-refractivity contribution is 5.92. The van der Waals surface area contributed by atoms with Gasteiger partial charge in [-0.05, 0) is 23.6 Å². The Hall–Kier alpha value is -2.17. The molecule has 0 heterocycles. The van der Waals surface area contributed by atoms with Crippen LogP contribution in [0.1, 0.15) is 11.1 Å². The van der Waals surface area contributed by atoms with Gasteiger partial charge in [-0.2, -0.15) is 0 Å². The molecular formula is C18H21NO3. The van der Waals surface area contributed by atoms with Crippen LogP contribution in [0.4, 0.5) is 5.69 Å². The zero-order valence-corrected chi connectivity index (χ0v) is 12.7. The van der Waals surface area contributed by atoms with Crippen LogP contribution in [0.2, 0.25) is 0 Å². The molecule has 0 aromatic heterocycles. The minimum atomic E-state index is -0.156. The lowest BCUT2D eigenvalue weighted by Crippen LogP contribution is -2.20. The van der Waals surface area contributed by atoms with Gasteiger partial charge in [0.05, 0.1) is 13.2 Å². The predicted molar refractivity (Wildman–Crippen MR) is 87.0 cm³/mol. The van der Waals surface area contributed by atoms with E-state index < -0.39 is 0 Å². The first-order valence-electron chi connectivity index (χ1n) is 7.28. The third kappa shape index (κ3) is 5.31. The third-order valence-corrected chi connectivity index (χ3v) is 3.19. The minimum absolute atomic E-state index is 0.0308. The molecule has 0 bridgehead atoms. The van der Waals surface area contributed by atoms with Crippen molar-refractivity contribution in [1.29, 1.82) is 0 Å². The van der Waals surface area contributed by atoms with Crippen LogP contribution in [0, 0.1) is 0 Å². The molecular weight excluding hydrogens is 278 g/mol. The van der Waals surface area contributed by atoms with Crippen LogP contribution >= 0.6 is 0 Å². The van der Waals surface area contributed by atoms with Gasteiger partial charge in [0.2, 0.25) is 5.91 Å². The van der Waals surface area contributed by atoms with E-state index in [1.807, 2.05) is 42.5 Å². The molecule has 2 aromatic rings. The standard InChI is InChI=1S/C18H21NO3/c1-21-11-12-22-14-18(20)19-17-10-6-5-9-16(17)13-15-7-3-2-4-8-15/h2-10H,11-14H2,1H3,(H,19,20). The first kappa shape index (κ1) is 16.2. The second-order valence-corrected chi connectivity index (χ2v) is 4.91. The molecule has 0 saturated heterocycles. The summed E-state index contributed by atoms with van der Waals surface area (Å²) >= 11 is 0. The molecule has 22 heavy (non-hydrogen) atoms. The van der Waals surface area contributed by atoms with Gasteiger partial charge in [-0.15, -0.1) is 0 Å². The summed E-state index contributed by atoms with van der Waals surface area (Å²) in [5.74, 6) is -0.156. The van der Waals surface area contributed by atoms with E-state index in [4.69, 9.17) is 9.47 Å². The second kappa shape index (κ2) is 8.97. The van der Waals surface area contributed by atoms with Crippen LogP contribution < -0.4 is 5.32 Å². The van der Waals surface area contributed by atoms with Crippen LogP contribution in [-0.4, -0.2) is 32.8 Å². The van der Waals surface area contributed by atoms with E-state index >= 15 is 0 Å². The number of carbonyl (C=O) groups is 1. The maximum atomic E-state index is 11.9. The summed E-state index contributed by atoms with van der Waals surface area (Å²) in [6, 6.07) is 18.0. The largest absolute Gasteiger partial charge is 0.382 e. The molecule has 0 fully saturated rings. The van der Waals surface area contributed by atoms with Crippen molar-refractivity contribution in [2.75, 3.05) is 32.2 Å². The normalized spacial score (nSPS) is 10.4. The summed E-state index contributed by atoms with van der Waals surface area (Å²) < 4.78 is 10.1. The number of hydrogen-bond acceptors (Lipinski definition) is 3. The summed E-state index contributed by atoms with van der Waals surface area (Å²) in [6.45, 7) is 0.927. The number of para-hydroxylation sites is 1. The number of amides is 1. The number of anilines is 1. The Morgan fingerprint density at radius 1 is 1.00 bits per heavy atom. The molecule has 4 nitrogen and oxygen atoms in total. The fourth-order valence-electron chi connectivity index (χ4n) is 2.11. The Kier molecular flexibility index (Phi) is 6.61. The maximum Gasteiger partial charge on any atom is 0.250 e. The molecule has 116 valence electrons. The molecule has 2 aromatic carbocycles. The van der Waals surface area contributed by atoms with Crippen molar-refractivity contribution in [2.45, 2.75) is 6.42 Å². The summed E-state index contributed by atoms with van der Waals surface area (Å²) in [7, 11) is 1.60. The Morgan fingerprint density at radius 3 is 2.50 bits per heavy atom. The molecule has 0 saturated carbocycles. The molecule has 1 amide bonds. The number of hydrogen-bond donors (Lipinski definition) is 1. The Balaban J connectivity index is 1.95. The fraction of sp³-hybridized carbons (Fsp3) is 0.278. The molecule has 0 spiro atoms. The minimum Gasteiger partial charge on any atom is -0.382 e. The number of nitrogens with one attached hydrogen (secondary N) is 1. The number of benzene rings is 2. The fourth-order valence-corrected chi connectivity index (χ4v) is 2.11. The number of carbonyl (C=O) groups excluding carboxylic acids is 1. The molecule has 0 radical (unpaired) electrons. The average molecular weight is 299 g/mol. The maximum absolute atomic E-state index is 11.9. The molecule has 0 unspecified atom stereocenters. The monoisotopic (exact) mass is 299 g/mol. The van der Waals surface area contributed by atoms with Gasteiger partial charge < -0.3 is 14.8 Å². The van der Waals surface area contributed by atoms with Crippen molar-refractivity contribution in [3.63, 3.8) is 0 Å². The van der Waals surface area contributed by atoms with Gasteiger partial charge in [-0.25, -0.2) is 0 Å². The van der Waals surface area contributed by atoms with Gasteiger partial charge in [0, 0.05) is 12.8 Å². The first-order valence-corrected chi connectivity index (χ1v) is 7.28. The van der Waals surface area contributed by atoms with E-state index in [9.17, 15) is 4.79 Å². The molecule has 4 heteroatoms. The highest BCUT2D eigenvalue weighted by atomic mass is 16.5. The second-order valence-electron chi connectivity index (χ2n) is 4.91. The smallest absolute Gasteiger partial charge is 0.250 e. The molecule has 0 aliphatic carbocycles. The molecule has 1 N–H and O–H groups in total. The topological polar surface area (TPSA) is 47.6 Å².